The maximum Gasteiger partial charge on any atom is 0.0383 e. The van der Waals surface area contributed by atoms with Gasteiger partial charge in [-0.2, -0.15) is 5.10 Å². The number of hydrazone groups is 1. The molecule has 0 saturated heterocycles. The third kappa shape index (κ3) is 2.28. The SMILES string of the molecule is CN(C)/N=C1\CCC2CCCCC2C1. The minimum absolute atomic E-state index is 0.969. The van der Waals surface area contributed by atoms with Crippen LogP contribution in [-0.2, 0) is 0 Å². The van der Waals surface area contributed by atoms with Crippen molar-refractivity contribution < 1.29 is 0 Å². The summed E-state index contributed by atoms with van der Waals surface area (Å²) < 4.78 is 0. The quantitative estimate of drug-likeness (QED) is 0.586. The third-order valence-corrected chi connectivity index (χ3v) is 3.71. The fourth-order valence-electron chi connectivity index (χ4n) is 3.06. The Hall–Kier alpha value is -0.530. The molecule has 0 bridgehead atoms. The van der Waals surface area contributed by atoms with Crippen LogP contribution in [0.4, 0.5) is 0 Å². The van der Waals surface area contributed by atoms with Crippen LogP contribution in [0.2, 0.25) is 0 Å². The summed E-state index contributed by atoms with van der Waals surface area (Å²) in [6, 6.07) is 0. The zero-order chi connectivity index (χ0) is 9.97. The lowest BCUT2D eigenvalue weighted by atomic mass is 9.70. The van der Waals surface area contributed by atoms with Gasteiger partial charge in [-0.25, -0.2) is 0 Å². The van der Waals surface area contributed by atoms with E-state index in [9.17, 15) is 0 Å². The van der Waals surface area contributed by atoms with Crippen molar-refractivity contribution in [3.05, 3.63) is 0 Å². The zero-order valence-corrected chi connectivity index (χ0v) is 9.50. The summed E-state index contributed by atoms with van der Waals surface area (Å²) in [5.41, 5.74) is 1.44. The van der Waals surface area contributed by atoms with Gasteiger partial charge in [0, 0.05) is 19.8 Å². The van der Waals surface area contributed by atoms with E-state index in [0.29, 0.717) is 0 Å². The lowest BCUT2D eigenvalue weighted by Crippen LogP contribution is -2.28. The fourth-order valence-corrected chi connectivity index (χ4v) is 3.06. The molecule has 2 heteroatoms. The lowest BCUT2D eigenvalue weighted by Gasteiger charge is -2.36. The van der Waals surface area contributed by atoms with E-state index in [4.69, 9.17) is 0 Å². The highest BCUT2D eigenvalue weighted by molar-refractivity contribution is 5.85. The fraction of sp³-hybridized carbons (Fsp3) is 0.917. The van der Waals surface area contributed by atoms with Gasteiger partial charge in [0.15, 0.2) is 0 Å². The van der Waals surface area contributed by atoms with Gasteiger partial charge < -0.3 is 5.01 Å². The van der Waals surface area contributed by atoms with Crippen LogP contribution in [0.3, 0.4) is 0 Å². The maximum atomic E-state index is 4.58. The molecule has 0 heterocycles. The first-order chi connectivity index (χ1) is 6.75. The number of hydrogen-bond donors (Lipinski definition) is 0. The molecule has 0 aromatic heterocycles. The van der Waals surface area contributed by atoms with Gasteiger partial charge in [0.05, 0.1) is 0 Å². The van der Waals surface area contributed by atoms with Gasteiger partial charge in [-0.1, -0.05) is 19.3 Å². The second kappa shape index (κ2) is 4.33. The average molecular weight is 194 g/mol. The van der Waals surface area contributed by atoms with Crippen LogP contribution in [0.25, 0.3) is 0 Å². The first kappa shape index (κ1) is 10.0. The number of hydrogen-bond acceptors (Lipinski definition) is 2. The van der Waals surface area contributed by atoms with E-state index in [1.807, 2.05) is 19.1 Å². The summed E-state index contributed by atoms with van der Waals surface area (Å²) in [5, 5.41) is 6.53. The van der Waals surface area contributed by atoms with Crippen molar-refractivity contribution in [2.24, 2.45) is 16.9 Å². The van der Waals surface area contributed by atoms with Crippen molar-refractivity contribution in [3.63, 3.8) is 0 Å². The third-order valence-electron chi connectivity index (χ3n) is 3.71. The molecule has 0 spiro atoms. The summed E-state index contributed by atoms with van der Waals surface area (Å²) in [4.78, 5) is 0. The van der Waals surface area contributed by atoms with Crippen LogP contribution in [0.15, 0.2) is 5.10 Å². The van der Waals surface area contributed by atoms with Gasteiger partial charge in [0.1, 0.15) is 0 Å². The van der Waals surface area contributed by atoms with E-state index in [1.165, 1.54) is 50.7 Å². The van der Waals surface area contributed by atoms with Crippen LogP contribution in [-0.4, -0.2) is 24.8 Å². The molecular formula is C12H22N2. The Balaban J connectivity index is 1.95. The van der Waals surface area contributed by atoms with Crippen LogP contribution >= 0.6 is 0 Å². The maximum absolute atomic E-state index is 4.58. The summed E-state index contributed by atoms with van der Waals surface area (Å²) in [5.74, 6) is 2.00. The highest BCUT2D eigenvalue weighted by Crippen LogP contribution is 2.39. The van der Waals surface area contributed by atoms with E-state index in [-0.39, 0.29) is 0 Å². The molecule has 2 rings (SSSR count). The van der Waals surface area contributed by atoms with Gasteiger partial charge in [0.2, 0.25) is 0 Å². The molecule has 2 nitrogen and oxygen atoms in total. The molecule has 2 fully saturated rings. The van der Waals surface area contributed by atoms with Crippen molar-refractivity contribution in [2.75, 3.05) is 14.1 Å². The Kier molecular flexibility index (Phi) is 3.09. The van der Waals surface area contributed by atoms with Gasteiger partial charge in [-0.15, -0.1) is 0 Å². The molecular weight excluding hydrogens is 172 g/mol. The first-order valence-corrected chi connectivity index (χ1v) is 5.99. The van der Waals surface area contributed by atoms with Crippen molar-refractivity contribution in [1.82, 2.24) is 5.01 Å². The molecule has 0 amide bonds. The molecule has 2 unspecified atom stereocenters. The van der Waals surface area contributed by atoms with Gasteiger partial charge in [0.25, 0.3) is 0 Å². The van der Waals surface area contributed by atoms with Crippen LogP contribution in [0.1, 0.15) is 44.9 Å². The van der Waals surface area contributed by atoms with Gasteiger partial charge in [-0.3, -0.25) is 0 Å². The van der Waals surface area contributed by atoms with E-state index >= 15 is 0 Å². The molecule has 0 N–H and O–H groups in total. The highest BCUT2D eigenvalue weighted by atomic mass is 15.4. The summed E-state index contributed by atoms with van der Waals surface area (Å²) in [7, 11) is 4.06. The monoisotopic (exact) mass is 194 g/mol. The second-order valence-corrected chi connectivity index (χ2v) is 5.06. The van der Waals surface area contributed by atoms with E-state index < -0.39 is 0 Å². The average Bonchev–Trinajstić information content (AvgIpc) is 2.17. The molecule has 2 aliphatic carbocycles. The van der Waals surface area contributed by atoms with Crippen molar-refractivity contribution >= 4 is 5.71 Å². The minimum atomic E-state index is 0.969. The predicted molar refractivity (Wildman–Crippen MR) is 60.4 cm³/mol. The first-order valence-electron chi connectivity index (χ1n) is 5.99. The Bertz CT molecular complexity index is 220. The molecule has 2 atom stereocenters. The van der Waals surface area contributed by atoms with E-state index in [1.54, 1.807) is 0 Å². The molecule has 14 heavy (non-hydrogen) atoms. The summed E-state index contributed by atoms with van der Waals surface area (Å²) in [6.07, 6.45) is 9.80. The standard InChI is InChI=1S/C12H22N2/c1-14(2)13-12-8-7-10-5-3-4-6-11(10)9-12/h10-11H,3-9H2,1-2H3/b13-12+. The zero-order valence-electron chi connectivity index (χ0n) is 9.50. The molecule has 2 aliphatic rings. The Labute approximate surface area is 87.4 Å². The summed E-state index contributed by atoms with van der Waals surface area (Å²) in [6.45, 7) is 0. The Morgan fingerprint density at radius 2 is 1.79 bits per heavy atom. The summed E-state index contributed by atoms with van der Waals surface area (Å²) >= 11 is 0. The smallest absolute Gasteiger partial charge is 0.0383 e. The number of nitrogens with zero attached hydrogens (tertiary/aromatic N) is 2. The van der Waals surface area contributed by atoms with Crippen LogP contribution in [0, 0.1) is 11.8 Å². The largest absolute Gasteiger partial charge is 0.303 e. The molecule has 0 aliphatic heterocycles. The molecule has 0 radical (unpaired) electrons. The van der Waals surface area contributed by atoms with Crippen LogP contribution in [0.5, 0.6) is 0 Å². The van der Waals surface area contributed by atoms with Crippen molar-refractivity contribution in [3.8, 4) is 0 Å². The minimum Gasteiger partial charge on any atom is -0.303 e. The Morgan fingerprint density at radius 3 is 2.50 bits per heavy atom. The highest BCUT2D eigenvalue weighted by Gasteiger charge is 2.30. The Morgan fingerprint density at radius 1 is 1.07 bits per heavy atom. The second-order valence-electron chi connectivity index (χ2n) is 5.06. The van der Waals surface area contributed by atoms with Crippen molar-refractivity contribution in [2.45, 2.75) is 44.9 Å². The number of rotatable bonds is 1. The predicted octanol–water partition coefficient (Wildman–Crippen LogP) is 2.89. The molecule has 0 aromatic rings. The van der Waals surface area contributed by atoms with Crippen molar-refractivity contribution in [1.29, 1.82) is 0 Å². The van der Waals surface area contributed by atoms with E-state index in [2.05, 4.69) is 5.10 Å². The molecule has 80 valence electrons. The van der Waals surface area contributed by atoms with E-state index in [0.717, 1.165) is 11.8 Å². The number of fused-ring (bicyclic) bond motifs is 1. The molecule has 0 aromatic carbocycles. The normalized spacial score (nSPS) is 35.4. The van der Waals surface area contributed by atoms with Gasteiger partial charge >= 0.3 is 0 Å². The molecule has 2 saturated carbocycles. The topological polar surface area (TPSA) is 15.6 Å². The van der Waals surface area contributed by atoms with Gasteiger partial charge in [-0.05, 0) is 37.5 Å². The van der Waals surface area contributed by atoms with Crippen LogP contribution < -0.4 is 0 Å². The lowest BCUT2D eigenvalue weighted by molar-refractivity contribution is 0.216.